The third kappa shape index (κ3) is 6.39. The fourth-order valence-electron chi connectivity index (χ4n) is 2.38. The average molecular weight is 373 g/mol. The minimum atomic E-state index is -4.76. The summed E-state index contributed by atoms with van der Waals surface area (Å²) in [5.74, 6) is -0.579. The molecule has 0 saturated heterocycles. The topological polar surface area (TPSA) is 58.6 Å². The monoisotopic (exact) mass is 373 g/mol. The third-order valence-corrected chi connectivity index (χ3v) is 4.59. The van der Waals surface area contributed by atoms with E-state index in [-0.39, 0.29) is 29.7 Å². The lowest BCUT2D eigenvalue weighted by molar-refractivity contribution is -0.274. The van der Waals surface area contributed by atoms with E-state index in [1.807, 2.05) is 17.5 Å². The van der Waals surface area contributed by atoms with Crippen LogP contribution in [0, 0.1) is 0 Å². The third-order valence-electron chi connectivity index (χ3n) is 3.55. The van der Waals surface area contributed by atoms with Crippen molar-refractivity contribution in [2.75, 3.05) is 13.2 Å². The lowest BCUT2D eigenvalue weighted by Crippen LogP contribution is -2.25. The van der Waals surface area contributed by atoms with E-state index in [2.05, 4.69) is 10.1 Å². The number of rotatable bonds is 8. The largest absolute Gasteiger partial charge is 0.573 e. The lowest BCUT2D eigenvalue weighted by Gasteiger charge is -2.14. The smallest absolute Gasteiger partial charge is 0.406 e. The first kappa shape index (κ1) is 19.3. The van der Waals surface area contributed by atoms with Crippen molar-refractivity contribution in [3.05, 3.63) is 52.2 Å². The first-order valence-corrected chi connectivity index (χ1v) is 8.55. The summed E-state index contributed by atoms with van der Waals surface area (Å²) < 4.78 is 40.1. The average Bonchev–Trinajstić information content (AvgIpc) is 3.07. The molecule has 1 unspecified atom stereocenters. The molecule has 1 atom stereocenters. The van der Waals surface area contributed by atoms with Gasteiger partial charge in [-0.1, -0.05) is 6.07 Å². The second kappa shape index (κ2) is 8.87. The van der Waals surface area contributed by atoms with E-state index < -0.39 is 6.36 Å². The number of amides is 1. The van der Waals surface area contributed by atoms with E-state index in [9.17, 15) is 18.0 Å². The predicted molar refractivity (Wildman–Crippen MR) is 88.8 cm³/mol. The summed E-state index contributed by atoms with van der Waals surface area (Å²) in [6.07, 6.45) is -3.48. The highest BCUT2D eigenvalue weighted by Crippen LogP contribution is 2.27. The molecule has 0 radical (unpaired) electrons. The Labute approximate surface area is 147 Å². The molecule has 0 spiro atoms. The molecule has 0 aliphatic rings. The molecule has 1 heterocycles. The molecule has 0 aliphatic heterocycles. The Hall–Kier alpha value is -2.06. The molecule has 0 aliphatic carbocycles. The van der Waals surface area contributed by atoms with E-state index in [1.54, 1.807) is 11.3 Å². The van der Waals surface area contributed by atoms with Gasteiger partial charge in [0.1, 0.15) is 5.75 Å². The van der Waals surface area contributed by atoms with Crippen LogP contribution in [-0.4, -0.2) is 30.5 Å². The van der Waals surface area contributed by atoms with Crippen LogP contribution in [0.5, 0.6) is 5.75 Å². The molecule has 1 amide bonds. The molecule has 0 saturated carbocycles. The zero-order valence-electron chi connectivity index (χ0n) is 13.3. The van der Waals surface area contributed by atoms with E-state index in [1.165, 1.54) is 12.1 Å². The van der Waals surface area contributed by atoms with Gasteiger partial charge in [0.05, 0.1) is 0 Å². The van der Waals surface area contributed by atoms with Crippen LogP contribution >= 0.6 is 11.3 Å². The Kier molecular flexibility index (Phi) is 6.83. The van der Waals surface area contributed by atoms with Gasteiger partial charge in [0.15, 0.2) is 0 Å². The van der Waals surface area contributed by atoms with Crippen LogP contribution < -0.4 is 10.1 Å². The number of ether oxygens (including phenoxy) is 1. The van der Waals surface area contributed by atoms with Gasteiger partial charge in [0.2, 0.25) is 0 Å². The van der Waals surface area contributed by atoms with Crippen molar-refractivity contribution in [2.45, 2.75) is 25.1 Å². The van der Waals surface area contributed by atoms with Crippen molar-refractivity contribution >= 4 is 17.2 Å². The van der Waals surface area contributed by atoms with Crippen molar-refractivity contribution in [1.82, 2.24) is 5.32 Å². The van der Waals surface area contributed by atoms with Gasteiger partial charge in [-0.3, -0.25) is 4.79 Å². The number of halogens is 3. The van der Waals surface area contributed by atoms with Gasteiger partial charge in [-0.2, -0.15) is 0 Å². The molecule has 1 aromatic carbocycles. The molecule has 8 heteroatoms. The number of hydrogen-bond acceptors (Lipinski definition) is 4. The van der Waals surface area contributed by atoms with Crippen molar-refractivity contribution < 1.29 is 27.8 Å². The second-order valence-electron chi connectivity index (χ2n) is 5.34. The van der Waals surface area contributed by atoms with Gasteiger partial charge < -0.3 is 15.2 Å². The number of alkyl halides is 3. The van der Waals surface area contributed by atoms with Crippen molar-refractivity contribution in [2.24, 2.45) is 0 Å². The minimum absolute atomic E-state index is 0.0666. The summed E-state index contributed by atoms with van der Waals surface area (Å²) in [5.41, 5.74) is 0.254. The van der Waals surface area contributed by atoms with Crippen LogP contribution in [0.2, 0.25) is 0 Å². The van der Waals surface area contributed by atoms with Crippen LogP contribution in [0.25, 0.3) is 0 Å². The fourth-order valence-corrected chi connectivity index (χ4v) is 3.28. The summed E-state index contributed by atoms with van der Waals surface area (Å²) in [6, 6.07) is 8.69. The Morgan fingerprint density at radius 2 is 1.92 bits per heavy atom. The molecular formula is C17H18F3NO3S. The second-order valence-corrected chi connectivity index (χ2v) is 6.32. The number of aliphatic hydroxyl groups is 1. The number of carbonyl (C=O) groups excluding carboxylic acids is 1. The van der Waals surface area contributed by atoms with Crippen LogP contribution in [0.3, 0.4) is 0 Å². The van der Waals surface area contributed by atoms with Crippen LogP contribution in [0.4, 0.5) is 13.2 Å². The zero-order valence-corrected chi connectivity index (χ0v) is 14.1. The highest BCUT2D eigenvalue weighted by Gasteiger charge is 2.31. The molecule has 25 heavy (non-hydrogen) atoms. The summed E-state index contributed by atoms with van der Waals surface area (Å²) >= 11 is 1.60. The molecule has 2 N–H and O–H groups in total. The Bertz CT molecular complexity index is 657. The van der Waals surface area contributed by atoms with Gasteiger partial charge in [-0.15, -0.1) is 24.5 Å². The fraction of sp³-hybridized carbons (Fsp3) is 0.353. The number of benzene rings is 1. The lowest BCUT2D eigenvalue weighted by atomic mass is 10.00. The van der Waals surface area contributed by atoms with Gasteiger partial charge in [0, 0.05) is 23.6 Å². The van der Waals surface area contributed by atoms with Gasteiger partial charge in [-0.05, 0) is 54.5 Å². The first-order valence-electron chi connectivity index (χ1n) is 7.67. The minimum Gasteiger partial charge on any atom is -0.406 e. The molecule has 4 nitrogen and oxygen atoms in total. The summed E-state index contributed by atoms with van der Waals surface area (Å²) in [6.45, 7) is 0.472. The molecule has 2 aromatic rings. The van der Waals surface area contributed by atoms with Gasteiger partial charge >= 0.3 is 6.36 Å². The van der Waals surface area contributed by atoms with Gasteiger partial charge in [-0.25, -0.2) is 0 Å². The number of nitrogens with one attached hydrogen (secondary N) is 1. The van der Waals surface area contributed by atoms with E-state index >= 15 is 0 Å². The highest BCUT2D eigenvalue weighted by molar-refractivity contribution is 7.10. The van der Waals surface area contributed by atoms with E-state index in [0.717, 1.165) is 17.0 Å². The zero-order chi connectivity index (χ0) is 18.3. The number of carbonyl (C=O) groups is 1. The Morgan fingerprint density at radius 3 is 2.48 bits per heavy atom. The van der Waals surface area contributed by atoms with Crippen molar-refractivity contribution in [3.63, 3.8) is 0 Å². The Balaban J connectivity index is 1.85. The van der Waals surface area contributed by atoms with Crippen LogP contribution in [0.15, 0.2) is 41.8 Å². The van der Waals surface area contributed by atoms with Crippen molar-refractivity contribution in [1.29, 1.82) is 0 Å². The maximum Gasteiger partial charge on any atom is 0.573 e. The van der Waals surface area contributed by atoms with Gasteiger partial charge in [0.25, 0.3) is 5.91 Å². The quantitative estimate of drug-likeness (QED) is 0.737. The number of thiophene rings is 1. The standard InChI is InChI=1S/C17H18F3NO3S/c18-17(19,20)24-14-5-3-13(4-6-14)16(23)21-9-7-12(8-10-22)15-2-1-11-25-15/h1-6,11-12,22H,7-10H2,(H,21,23). The normalized spacial score (nSPS) is 12.6. The number of hydrogen-bond donors (Lipinski definition) is 2. The summed E-state index contributed by atoms with van der Waals surface area (Å²) in [7, 11) is 0. The Morgan fingerprint density at radius 1 is 1.20 bits per heavy atom. The van der Waals surface area contributed by atoms with Crippen molar-refractivity contribution in [3.8, 4) is 5.75 Å². The summed E-state index contributed by atoms with van der Waals surface area (Å²) in [5, 5.41) is 13.9. The maximum absolute atomic E-state index is 12.1. The molecular weight excluding hydrogens is 355 g/mol. The molecule has 136 valence electrons. The SMILES string of the molecule is O=C(NCCC(CCO)c1cccs1)c1ccc(OC(F)(F)F)cc1. The summed E-state index contributed by atoms with van der Waals surface area (Å²) in [4.78, 5) is 13.2. The van der Waals surface area contributed by atoms with Crippen LogP contribution in [0.1, 0.15) is 34.0 Å². The molecule has 2 rings (SSSR count). The van der Waals surface area contributed by atoms with Crippen LogP contribution in [-0.2, 0) is 0 Å². The number of aliphatic hydroxyl groups excluding tert-OH is 1. The first-order chi connectivity index (χ1) is 11.9. The maximum atomic E-state index is 12.1. The molecule has 1 aromatic heterocycles. The predicted octanol–water partition coefficient (Wildman–Crippen LogP) is 3.93. The molecule has 0 fully saturated rings. The van der Waals surface area contributed by atoms with E-state index in [0.29, 0.717) is 19.4 Å². The highest BCUT2D eigenvalue weighted by atomic mass is 32.1. The molecule has 0 bridgehead atoms. The van der Waals surface area contributed by atoms with E-state index in [4.69, 9.17) is 5.11 Å².